The van der Waals surface area contributed by atoms with Gasteiger partial charge in [-0.15, -0.1) is 0 Å². The van der Waals surface area contributed by atoms with Crippen LogP contribution >= 0.6 is 15.9 Å². The molecular weight excluding hydrogens is 302 g/mol. The van der Waals surface area contributed by atoms with E-state index in [1.165, 1.54) is 25.0 Å². The van der Waals surface area contributed by atoms with Crippen LogP contribution in [-0.4, -0.2) is 10.2 Å². The minimum Gasteiger partial charge on any atom is -0.382 e. The number of rotatable bonds is 2. The molecule has 0 bridgehead atoms. The van der Waals surface area contributed by atoms with Gasteiger partial charge in [-0.3, -0.25) is 5.10 Å². The highest BCUT2D eigenvalue weighted by molar-refractivity contribution is 9.10. The normalized spacial score (nSPS) is 28.4. The van der Waals surface area contributed by atoms with Gasteiger partial charge in [-0.25, -0.2) is 0 Å². The molecule has 1 heterocycles. The van der Waals surface area contributed by atoms with E-state index >= 15 is 0 Å². The largest absolute Gasteiger partial charge is 0.382 e. The fourth-order valence-electron chi connectivity index (χ4n) is 3.56. The highest BCUT2D eigenvalue weighted by Gasteiger charge is 2.47. The fraction of sp³-hybridized carbons (Fsp3) is 0.400. The van der Waals surface area contributed by atoms with Crippen molar-refractivity contribution >= 4 is 21.7 Å². The minimum absolute atomic E-state index is 0.613. The van der Waals surface area contributed by atoms with E-state index < -0.39 is 0 Å². The summed E-state index contributed by atoms with van der Waals surface area (Å²) in [6.45, 7) is 0. The van der Waals surface area contributed by atoms with Crippen LogP contribution in [0.1, 0.15) is 30.9 Å². The number of nitrogens with one attached hydrogen (secondary N) is 1. The molecule has 0 aliphatic heterocycles. The molecule has 1 aromatic carbocycles. The molecule has 1 aromatic heterocycles. The minimum atomic E-state index is 0.613. The van der Waals surface area contributed by atoms with Crippen LogP contribution in [0.5, 0.6) is 0 Å². The Labute approximate surface area is 120 Å². The molecule has 2 aliphatic carbocycles. The maximum Gasteiger partial charge on any atom is 0.153 e. The molecule has 3 nitrogen and oxygen atoms in total. The van der Waals surface area contributed by atoms with E-state index in [-0.39, 0.29) is 0 Å². The number of aromatic amines is 1. The van der Waals surface area contributed by atoms with Gasteiger partial charge in [0.2, 0.25) is 0 Å². The zero-order valence-electron chi connectivity index (χ0n) is 10.6. The average molecular weight is 318 g/mol. The zero-order valence-corrected chi connectivity index (χ0v) is 12.2. The second-order valence-corrected chi connectivity index (χ2v) is 6.75. The number of nitrogen functional groups attached to an aromatic ring is 1. The van der Waals surface area contributed by atoms with Crippen molar-refractivity contribution in [3.05, 3.63) is 34.4 Å². The third-order valence-electron chi connectivity index (χ3n) is 4.59. The predicted molar refractivity (Wildman–Crippen MR) is 79.7 cm³/mol. The topological polar surface area (TPSA) is 54.7 Å². The van der Waals surface area contributed by atoms with E-state index in [4.69, 9.17) is 5.73 Å². The molecule has 19 heavy (non-hydrogen) atoms. The van der Waals surface area contributed by atoms with Gasteiger partial charge < -0.3 is 5.73 Å². The van der Waals surface area contributed by atoms with Crippen LogP contribution in [0, 0.1) is 11.8 Å². The van der Waals surface area contributed by atoms with Gasteiger partial charge in [0.15, 0.2) is 5.82 Å². The van der Waals surface area contributed by atoms with E-state index in [1.54, 1.807) is 0 Å². The third-order valence-corrected chi connectivity index (χ3v) is 5.08. The monoisotopic (exact) mass is 317 g/mol. The first-order valence-electron chi connectivity index (χ1n) is 6.82. The summed E-state index contributed by atoms with van der Waals surface area (Å²) in [5.74, 6) is 3.16. The van der Waals surface area contributed by atoms with Gasteiger partial charge in [-0.05, 0) is 48.8 Å². The lowest BCUT2D eigenvalue weighted by Crippen LogP contribution is -1.99. The molecule has 0 spiro atoms. The number of fused-ring (bicyclic) bond motifs is 1. The summed E-state index contributed by atoms with van der Waals surface area (Å²) in [4.78, 5) is 0. The number of H-pyrrole nitrogens is 1. The summed E-state index contributed by atoms with van der Waals surface area (Å²) >= 11 is 3.53. The molecule has 0 amide bonds. The lowest BCUT2D eigenvalue weighted by Gasteiger charge is -2.12. The van der Waals surface area contributed by atoms with Gasteiger partial charge in [0.25, 0.3) is 0 Å². The summed E-state index contributed by atoms with van der Waals surface area (Å²) in [6.07, 6.45) is 4.03. The lowest BCUT2D eigenvalue weighted by atomic mass is 9.93. The van der Waals surface area contributed by atoms with Crippen molar-refractivity contribution in [2.45, 2.75) is 25.2 Å². The number of benzene rings is 1. The Bertz CT molecular complexity index is 624. The molecule has 2 fully saturated rings. The van der Waals surface area contributed by atoms with Crippen LogP contribution in [0.2, 0.25) is 0 Å². The highest BCUT2D eigenvalue weighted by Crippen LogP contribution is 2.58. The van der Waals surface area contributed by atoms with Gasteiger partial charge in [-0.1, -0.05) is 28.1 Å². The van der Waals surface area contributed by atoms with Gasteiger partial charge in [0, 0.05) is 21.6 Å². The molecule has 0 saturated heterocycles. The number of aromatic nitrogens is 2. The molecule has 2 aromatic rings. The maximum atomic E-state index is 6.08. The standard InChI is InChI=1S/C15H16BrN3/c16-12-3-1-2-8(7-12)13-14(18-19-15(13)17)11-5-9-4-10(9)6-11/h1-3,7,9-11H,4-6H2,(H3,17,18,19). The summed E-state index contributed by atoms with van der Waals surface area (Å²) in [5, 5.41) is 7.43. The zero-order chi connectivity index (χ0) is 13.0. The molecule has 2 atom stereocenters. The molecule has 2 unspecified atom stereocenters. The third kappa shape index (κ3) is 1.89. The number of hydrogen-bond donors (Lipinski definition) is 2. The van der Waals surface area contributed by atoms with Crippen molar-refractivity contribution in [2.75, 3.05) is 5.73 Å². The van der Waals surface area contributed by atoms with Crippen molar-refractivity contribution in [3.63, 3.8) is 0 Å². The summed E-state index contributed by atoms with van der Waals surface area (Å²) in [7, 11) is 0. The molecule has 0 radical (unpaired) electrons. The Morgan fingerprint density at radius 3 is 2.74 bits per heavy atom. The lowest BCUT2D eigenvalue weighted by molar-refractivity contribution is 0.607. The fourth-order valence-corrected chi connectivity index (χ4v) is 3.96. The highest BCUT2D eigenvalue weighted by atomic mass is 79.9. The Morgan fingerprint density at radius 1 is 1.21 bits per heavy atom. The Kier molecular flexibility index (Phi) is 2.49. The number of nitrogens with two attached hydrogens (primary N) is 1. The van der Waals surface area contributed by atoms with E-state index in [0.717, 1.165) is 27.4 Å². The van der Waals surface area contributed by atoms with Crippen molar-refractivity contribution in [1.82, 2.24) is 10.2 Å². The van der Waals surface area contributed by atoms with E-state index in [1.807, 2.05) is 12.1 Å². The predicted octanol–water partition coefficient (Wildman–Crippen LogP) is 3.93. The first kappa shape index (κ1) is 11.5. The maximum absolute atomic E-state index is 6.08. The number of anilines is 1. The van der Waals surface area contributed by atoms with Crippen LogP contribution in [0.25, 0.3) is 11.1 Å². The summed E-state index contributed by atoms with van der Waals surface area (Å²) in [6, 6.07) is 8.29. The Balaban J connectivity index is 1.76. The van der Waals surface area contributed by atoms with E-state index in [2.05, 4.69) is 38.3 Å². The van der Waals surface area contributed by atoms with Gasteiger partial charge in [0.05, 0.1) is 0 Å². The van der Waals surface area contributed by atoms with Crippen molar-refractivity contribution < 1.29 is 0 Å². The smallest absolute Gasteiger partial charge is 0.153 e. The first-order chi connectivity index (χ1) is 9.22. The Hall–Kier alpha value is -1.29. The average Bonchev–Trinajstić information content (AvgIpc) is 2.84. The van der Waals surface area contributed by atoms with Gasteiger partial charge >= 0.3 is 0 Å². The molecule has 98 valence electrons. The molecule has 3 N–H and O–H groups in total. The summed E-state index contributed by atoms with van der Waals surface area (Å²) in [5.41, 5.74) is 9.57. The number of halogens is 1. The van der Waals surface area contributed by atoms with Crippen molar-refractivity contribution in [1.29, 1.82) is 0 Å². The van der Waals surface area contributed by atoms with Crippen LogP contribution in [0.3, 0.4) is 0 Å². The molecule has 4 heteroatoms. The SMILES string of the molecule is Nc1n[nH]c(C2CC3CC3C2)c1-c1cccc(Br)c1. The van der Waals surface area contributed by atoms with Gasteiger partial charge in [-0.2, -0.15) is 5.10 Å². The quantitative estimate of drug-likeness (QED) is 0.881. The van der Waals surface area contributed by atoms with E-state index in [0.29, 0.717) is 11.7 Å². The summed E-state index contributed by atoms with van der Waals surface area (Å²) < 4.78 is 1.07. The number of nitrogens with zero attached hydrogens (tertiary/aromatic N) is 1. The number of hydrogen-bond acceptors (Lipinski definition) is 2. The molecule has 4 rings (SSSR count). The van der Waals surface area contributed by atoms with E-state index in [9.17, 15) is 0 Å². The Morgan fingerprint density at radius 2 is 2.00 bits per heavy atom. The van der Waals surface area contributed by atoms with Gasteiger partial charge in [0.1, 0.15) is 0 Å². The van der Waals surface area contributed by atoms with Crippen LogP contribution in [0.15, 0.2) is 28.7 Å². The molecule has 2 saturated carbocycles. The van der Waals surface area contributed by atoms with Crippen LogP contribution in [0.4, 0.5) is 5.82 Å². The molecule has 2 aliphatic rings. The van der Waals surface area contributed by atoms with Crippen molar-refractivity contribution in [3.8, 4) is 11.1 Å². The van der Waals surface area contributed by atoms with Crippen LogP contribution in [-0.2, 0) is 0 Å². The van der Waals surface area contributed by atoms with Crippen LogP contribution < -0.4 is 5.73 Å². The van der Waals surface area contributed by atoms with Crippen molar-refractivity contribution in [2.24, 2.45) is 11.8 Å². The first-order valence-corrected chi connectivity index (χ1v) is 7.61. The second kappa shape index (κ2) is 4.10. The molecular formula is C15H16BrN3. The second-order valence-electron chi connectivity index (χ2n) is 5.83.